The van der Waals surface area contributed by atoms with Gasteiger partial charge in [0, 0.05) is 30.4 Å². The average Bonchev–Trinajstić information content (AvgIpc) is 3.37. The van der Waals surface area contributed by atoms with Gasteiger partial charge < -0.3 is 9.52 Å². The molecule has 0 aliphatic carbocycles. The van der Waals surface area contributed by atoms with E-state index in [0.29, 0.717) is 37.4 Å². The van der Waals surface area contributed by atoms with Crippen LogP contribution in [-0.2, 0) is 16.9 Å². The predicted molar refractivity (Wildman–Crippen MR) is 96.9 cm³/mol. The molecule has 4 rings (SSSR count). The normalized spacial score (nSPS) is 17.4. The Morgan fingerprint density at radius 3 is 2.81 bits per heavy atom. The number of carboxylic acids is 1. The van der Waals surface area contributed by atoms with Gasteiger partial charge in [-0.15, -0.1) is 11.3 Å². The smallest absolute Gasteiger partial charge is 0.331 e. The second kappa shape index (κ2) is 6.69. The molecule has 7 nitrogen and oxygen atoms in total. The number of furan rings is 1. The van der Waals surface area contributed by atoms with Crippen molar-refractivity contribution in [1.29, 1.82) is 0 Å². The highest BCUT2D eigenvalue weighted by molar-refractivity contribution is 7.09. The van der Waals surface area contributed by atoms with Gasteiger partial charge in [-0.3, -0.25) is 9.58 Å². The van der Waals surface area contributed by atoms with Crippen molar-refractivity contribution < 1.29 is 14.3 Å². The lowest BCUT2D eigenvalue weighted by atomic mass is 9.87. The molecule has 1 N–H and O–H groups in total. The van der Waals surface area contributed by atoms with E-state index in [1.54, 1.807) is 40.6 Å². The van der Waals surface area contributed by atoms with E-state index in [0.717, 1.165) is 17.2 Å². The number of aryl methyl sites for hydroxylation is 1. The van der Waals surface area contributed by atoms with Crippen molar-refractivity contribution in [3.8, 4) is 11.5 Å². The summed E-state index contributed by atoms with van der Waals surface area (Å²) in [4.78, 5) is 18.9. The highest BCUT2D eigenvalue weighted by Gasteiger charge is 2.44. The van der Waals surface area contributed by atoms with Crippen molar-refractivity contribution in [2.24, 2.45) is 0 Å². The SMILES string of the molecule is Cc1csc(CN2CCC(C(=O)O)(n3ccc(-c4ccco4)n3)CC2)n1. The summed E-state index contributed by atoms with van der Waals surface area (Å²) in [6.45, 7) is 4.15. The molecular weight excluding hydrogens is 352 g/mol. The minimum absolute atomic E-state index is 0.506. The summed E-state index contributed by atoms with van der Waals surface area (Å²) in [5, 5.41) is 17.6. The zero-order chi connectivity index (χ0) is 18.1. The van der Waals surface area contributed by atoms with E-state index < -0.39 is 11.5 Å². The monoisotopic (exact) mass is 372 g/mol. The van der Waals surface area contributed by atoms with Gasteiger partial charge in [-0.25, -0.2) is 9.78 Å². The van der Waals surface area contributed by atoms with Crippen molar-refractivity contribution >= 4 is 17.3 Å². The Labute approximate surface area is 154 Å². The number of carboxylic acid groups (broad SMARTS) is 1. The number of piperidine rings is 1. The fraction of sp³-hybridized carbons (Fsp3) is 0.389. The molecule has 0 amide bonds. The van der Waals surface area contributed by atoms with Crippen LogP contribution in [-0.4, -0.2) is 43.8 Å². The zero-order valence-corrected chi connectivity index (χ0v) is 15.3. The van der Waals surface area contributed by atoms with Gasteiger partial charge in [0.15, 0.2) is 11.3 Å². The fourth-order valence-corrected chi connectivity index (χ4v) is 4.22. The van der Waals surface area contributed by atoms with E-state index in [9.17, 15) is 9.90 Å². The Bertz CT molecular complexity index is 891. The molecule has 0 unspecified atom stereocenters. The number of thiazole rings is 1. The van der Waals surface area contributed by atoms with Gasteiger partial charge in [0.1, 0.15) is 10.7 Å². The summed E-state index contributed by atoms with van der Waals surface area (Å²) in [5.41, 5.74) is 0.667. The van der Waals surface area contributed by atoms with Crippen LogP contribution in [0, 0.1) is 6.92 Å². The molecule has 26 heavy (non-hydrogen) atoms. The average molecular weight is 372 g/mol. The summed E-state index contributed by atoms with van der Waals surface area (Å²) in [6.07, 6.45) is 4.34. The van der Waals surface area contributed by atoms with Crippen LogP contribution in [0.25, 0.3) is 11.5 Å². The first-order chi connectivity index (χ1) is 12.6. The van der Waals surface area contributed by atoms with Gasteiger partial charge >= 0.3 is 5.97 Å². The number of likely N-dealkylation sites (tertiary alicyclic amines) is 1. The first kappa shape index (κ1) is 17.0. The van der Waals surface area contributed by atoms with Crippen LogP contribution in [0.4, 0.5) is 0 Å². The molecule has 1 fully saturated rings. The minimum Gasteiger partial charge on any atom is -0.479 e. The number of carbonyl (C=O) groups is 1. The first-order valence-electron chi connectivity index (χ1n) is 8.54. The van der Waals surface area contributed by atoms with E-state index in [2.05, 4.69) is 15.0 Å². The molecule has 3 aromatic heterocycles. The predicted octanol–water partition coefficient (Wildman–Crippen LogP) is 2.98. The van der Waals surface area contributed by atoms with Crippen LogP contribution in [0.3, 0.4) is 0 Å². The van der Waals surface area contributed by atoms with Gasteiger partial charge in [0.05, 0.1) is 12.8 Å². The minimum atomic E-state index is -1.01. The maximum Gasteiger partial charge on any atom is 0.331 e. The molecule has 8 heteroatoms. The molecule has 1 aliphatic heterocycles. The molecule has 4 heterocycles. The number of hydrogen-bond acceptors (Lipinski definition) is 6. The van der Waals surface area contributed by atoms with Gasteiger partial charge in [-0.05, 0) is 38.0 Å². The zero-order valence-electron chi connectivity index (χ0n) is 14.5. The number of rotatable bonds is 5. The third kappa shape index (κ3) is 3.06. The molecule has 0 aromatic carbocycles. The topological polar surface area (TPSA) is 84.4 Å². The van der Waals surface area contributed by atoms with Crippen molar-refractivity contribution in [3.05, 3.63) is 46.7 Å². The molecule has 1 aliphatic rings. The standard InChI is InChI=1S/C18H20N4O3S/c1-13-12-26-16(19-13)11-21-8-5-18(6-9-21,17(23)24)22-7-4-14(20-22)15-3-2-10-25-15/h2-4,7,10,12H,5-6,8-9,11H2,1H3,(H,23,24). The van der Waals surface area contributed by atoms with Crippen molar-refractivity contribution in [3.63, 3.8) is 0 Å². The van der Waals surface area contributed by atoms with Crippen molar-refractivity contribution in [2.45, 2.75) is 31.8 Å². The molecule has 0 spiro atoms. The van der Waals surface area contributed by atoms with E-state index in [4.69, 9.17) is 4.42 Å². The Morgan fingerprint density at radius 1 is 1.38 bits per heavy atom. The number of hydrogen-bond donors (Lipinski definition) is 1. The molecule has 0 bridgehead atoms. The third-order valence-corrected chi connectivity index (χ3v) is 5.86. The van der Waals surface area contributed by atoms with Crippen LogP contribution in [0.2, 0.25) is 0 Å². The highest BCUT2D eigenvalue weighted by atomic mass is 32.1. The second-order valence-corrected chi connectivity index (χ2v) is 7.56. The Hall–Kier alpha value is -2.45. The molecule has 3 aromatic rings. The maximum absolute atomic E-state index is 12.1. The maximum atomic E-state index is 12.1. The Morgan fingerprint density at radius 2 is 2.19 bits per heavy atom. The Kier molecular flexibility index (Phi) is 4.37. The largest absolute Gasteiger partial charge is 0.479 e. The van der Waals surface area contributed by atoms with Gasteiger partial charge in [0.25, 0.3) is 0 Å². The van der Waals surface area contributed by atoms with Crippen molar-refractivity contribution in [1.82, 2.24) is 19.7 Å². The summed E-state index contributed by atoms with van der Waals surface area (Å²) in [5.74, 6) is -0.197. The van der Waals surface area contributed by atoms with Crippen LogP contribution in [0.15, 0.2) is 40.5 Å². The molecule has 136 valence electrons. The van der Waals surface area contributed by atoms with E-state index >= 15 is 0 Å². The summed E-state index contributed by atoms with van der Waals surface area (Å²) >= 11 is 1.65. The molecular formula is C18H20N4O3S. The molecule has 0 atom stereocenters. The lowest BCUT2D eigenvalue weighted by Gasteiger charge is -2.38. The van der Waals surface area contributed by atoms with Crippen LogP contribution in [0.5, 0.6) is 0 Å². The quantitative estimate of drug-likeness (QED) is 0.741. The van der Waals surface area contributed by atoms with Gasteiger partial charge in [-0.2, -0.15) is 5.10 Å². The third-order valence-electron chi connectivity index (χ3n) is 4.91. The van der Waals surface area contributed by atoms with E-state index in [1.807, 2.05) is 18.4 Å². The molecule has 0 radical (unpaired) electrons. The van der Waals surface area contributed by atoms with Gasteiger partial charge in [0.2, 0.25) is 0 Å². The summed E-state index contributed by atoms with van der Waals surface area (Å²) in [6, 6.07) is 5.41. The van der Waals surface area contributed by atoms with E-state index in [1.165, 1.54) is 0 Å². The fourth-order valence-electron chi connectivity index (χ4n) is 3.41. The lowest BCUT2D eigenvalue weighted by Crippen LogP contribution is -2.51. The Balaban J connectivity index is 1.51. The number of nitrogens with zero attached hydrogens (tertiary/aromatic N) is 4. The summed E-state index contributed by atoms with van der Waals surface area (Å²) < 4.78 is 6.96. The van der Waals surface area contributed by atoms with Crippen LogP contribution >= 0.6 is 11.3 Å². The van der Waals surface area contributed by atoms with Crippen molar-refractivity contribution in [2.75, 3.05) is 13.1 Å². The van der Waals surface area contributed by atoms with Crippen LogP contribution in [0.1, 0.15) is 23.5 Å². The van der Waals surface area contributed by atoms with Gasteiger partial charge in [-0.1, -0.05) is 0 Å². The number of aromatic nitrogens is 3. The van der Waals surface area contributed by atoms with E-state index in [-0.39, 0.29) is 0 Å². The second-order valence-electron chi connectivity index (χ2n) is 6.62. The number of aliphatic carboxylic acids is 1. The lowest BCUT2D eigenvalue weighted by molar-refractivity contribution is -0.151. The molecule has 0 saturated carbocycles. The highest BCUT2D eigenvalue weighted by Crippen LogP contribution is 2.32. The van der Waals surface area contributed by atoms with Crippen LogP contribution < -0.4 is 0 Å². The first-order valence-corrected chi connectivity index (χ1v) is 9.42. The summed E-state index contributed by atoms with van der Waals surface area (Å²) in [7, 11) is 0. The molecule has 1 saturated heterocycles.